The number of carboxylic acids is 1. The Morgan fingerprint density at radius 1 is 1.07 bits per heavy atom. The van der Waals surface area contributed by atoms with Crippen molar-refractivity contribution in [1.29, 1.82) is 0 Å². The summed E-state index contributed by atoms with van der Waals surface area (Å²) in [7, 11) is 0. The summed E-state index contributed by atoms with van der Waals surface area (Å²) < 4.78 is 0. The number of carbonyl (C=O) groups is 2. The van der Waals surface area contributed by atoms with Gasteiger partial charge in [-0.25, -0.2) is 4.98 Å². The zero-order chi connectivity index (χ0) is 21.2. The minimum Gasteiger partial charge on any atom is -0.481 e. The Balaban J connectivity index is 1.88. The molecule has 29 heavy (non-hydrogen) atoms. The van der Waals surface area contributed by atoms with Gasteiger partial charge in [-0.2, -0.15) is 0 Å². The molecule has 4 nitrogen and oxygen atoms in total. The molecule has 0 spiro atoms. The quantitative estimate of drug-likeness (QED) is 0.454. The molecule has 0 aliphatic carbocycles. The van der Waals surface area contributed by atoms with Gasteiger partial charge >= 0.3 is 5.97 Å². The topological polar surface area (TPSA) is 67.3 Å². The van der Waals surface area contributed by atoms with Gasteiger partial charge in [-0.15, -0.1) is 11.3 Å². The fourth-order valence-corrected chi connectivity index (χ4v) is 4.16. The van der Waals surface area contributed by atoms with Crippen LogP contribution in [0, 0.1) is 5.41 Å². The van der Waals surface area contributed by atoms with E-state index in [1.54, 1.807) is 26.0 Å². The minimum absolute atomic E-state index is 0.0378. The lowest BCUT2D eigenvalue weighted by molar-refractivity contribution is -0.149. The van der Waals surface area contributed by atoms with Gasteiger partial charge in [0, 0.05) is 33.8 Å². The van der Waals surface area contributed by atoms with Gasteiger partial charge in [-0.3, -0.25) is 9.59 Å². The van der Waals surface area contributed by atoms with Crippen LogP contribution in [-0.2, 0) is 16.0 Å². The van der Waals surface area contributed by atoms with Crippen LogP contribution in [0.3, 0.4) is 0 Å². The molecule has 0 fully saturated rings. The Morgan fingerprint density at radius 2 is 1.79 bits per heavy atom. The number of hydrogen-bond acceptors (Lipinski definition) is 4. The van der Waals surface area contributed by atoms with Gasteiger partial charge in [0.2, 0.25) is 0 Å². The summed E-state index contributed by atoms with van der Waals surface area (Å²) in [5.74, 6) is -1.14. The average molecular weight is 448 g/mol. The van der Waals surface area contributed by atoms with Crippen LogP contribution in [0.5, 0.6) is 0 Å². The highest BCUT2D eigenvalue weighted by atomic mass is 35.5. The first kappa shape index (κ1) is 21.5. The van der Waals surface area contributed by atoms with Crippen LogP contribution >= 0.6 is 34.5 Å². The molecular weight excluding hydrogens is 429 g/mol. The number of halogens is 2. The van der Waals surface area contributed by atoms with Gasteiger partial charge in [0.15, 0.2) is 0 Å². The highest BCUT2D eigenvalue weighted by Gasteiger charge is 2.30. The van der Waals surface area contributed by atoms with Crippen molar-refractivity contribution in [2.24, 2.45) is 5.41 Å². The molecule has 1 heterocycles. The molecule has 3 rings (SSSR count). The molecule has 150 valence electrons. The van der Waals surface area contributed by atoms with Crippen LogP contribution in [0.1, 0.15) is 26.0 Å². The van der Waals surface area contributed by atoms with E-state index in [4.69, 9.17) is 23.2 Å². The van der Waals surface area contributed by atoms with Crippen molar-refractivity contribution in [2.75, 3.05) is 0 Å². The largest absolute Gasteiger partial charge is 0.481 e. The van der Waals surface area contributed by atoms with E-state index < -0.39 is 11.4 Å². The van der Waals surface area contributed by atoms with Gasteiger partial charge in [0.1, 0.15) is 10.8 Å². The van der Waals surface area contributed by atoms with Crippen molar-refractivity contribution in [1.82, 2.24) is 4.98 Å². The van der Waals surface area contributed by atoms with Gasteiger partial charge in [0.25, 0.3) is 0 Å². The molecule has 0 unspecified atom stereocenters. The number of Topliss-reactive ketones (excluding diaryl/α,β-unsaturated/α-hetero) is 1. The third-order valence-corrected chi connectivity index (χ3v) is 5.89. The van der Waals surface area contributed by atoms with Crippen molar-refractivity contribution < 1.29 is 14.7 Å². The van der Waals surface area contributed by atoms with Crippen molar-refractivity contribution in [3.05, 3.63) is 63.6 Å². The summed E-state index contributed by atoms with van der Waals surface area (Å²) in [5, 5.41) is 13.0. The van der Waals surface area contributed by atoms with E-state index in [1.165, 1.54) is 11.3 Å². The zero-order valence-electron chi connectivity index (χ0n) is 15.9. The first-order valence-electron chi connectivity index (χ1n) is 8.91. The molecule has 0 amide bonds. The molecule has 1 aromatic heterocycles. The molecular formula is C22H19Cl2NO3S. The fraction of sp³-hybridized carbons (Fsp3) is 0.227. The summed E-state index contributed by atoms with van der Waals surface area (Å²) in [6.45, 7) is 3.09. The lowest BCUT2D eigenvalue weighted by atomic mass is 9.86. The second kappa shape index (κ2) is 8.66. The summed E-state index contributed by atoms with van der Waals surface area (Å²) >= 11 is 13.8. The maximum Gasteiger partial charge on any atom is 0.309 e. The van der Waals surface area contributed by atoms with Crippen LogP contribution in [0.2, 0.25) is 10.0 Å². The molecule has 0 aliphatic rings. The van der Waals surface area contributed by atoms with Crippen molar-refractivity contribution >= 4 is 46.3 Å². The van der Waals surface area contributed by atoms with E-state index in [0.29, 0.717) is 15.7 Å². The van der Waals surface area contributed by atoms with Gasteiger partial charge in [0.05, 0.1) is 11.1 Å². The molecule has 0 bridgehead atoms. The third kappa shape index (κ3) is 5.24. The van der Waals surface area contributed by atoms with E-state index in [2.05, 4.69) is 4.98 Å². The lowest BCUT2D eigenvalue weighted by Crippen LogP contribution is -2.27. The van der Waals surface area contributed by atoms with Crippen LogP contribution in [0.15, 0.2) is 47.8 Å². The van der Waals surface area contributed by atoms with Gasteiger partial charge in [-0.05, 0) is 55.3 Å². The number of benzene rings is 2. The number of nitrogens with zero attached hydrogens (tertiary/aromatic N) is 1. The van der Waals surface area contributed by atoms with E-state index in [1.807, 2.05) is 35.7 Å². The van der Waals surface area contributed by atoms with Gasteiger partial charge in [-0.1, -0.05) is 35.3 Å². The summed E-state index contributed by atoms with van der Waals surface area (Å²) in [6.07, 6.45) is 0.0667. The van der Waals surface area contributed by atoms with Crippen LogP contribution < -0.4 is 0 Å². The summed E-state index contributed by atoms with van der Waals surface area (Å²) in [4.78, 5) is 28.2. The predicted octanol–water partition coefficient (Wildman–Crippen LogP) is 6.40. The van der Waals surface area contributed by atoms with Crippen molar-refractivity contribution in [3.63, 3.8) is 0 Å². The number of aromatic nitrogens is 1. The number of carbonyl (C=O) groups excluding carboxylic acids is 1. The minimum atomic E-state index is -1.09. The second-order valence-electron chi connectivity index (χ2n) is 7.43. The average Bonchev–Trinajstić information content (AvgIpc) is 3.09. The molecule has 0 radical (unpaired) electrons. The Bertz CT molecular complexity index is 1080. The maximum atomic E-state index is 12.3. The van der Waals surface area contributed by atoms with E-state index in [0.717, 1.165) is 21.7 Å². The predicted molar refractivity (Wildman–Crippen MR) is 118 cm³/mol. The standard InChI is InChI=1S/C22H19Cl2NO3S/c1-22(2,21(27)28)11-17(26)10-16-12-29-20(25-16)18-7-6-15(24)9-19(18)13-4-3-5-14(23)8-13/h3-9,12H,10-11H2,1-2H3,(H,27,28). The van der Waals surface area contributed by atoms with E-state index >= 15 is 0 Å². The Kier molecular flexibility index (Phi) is 6.42. The highest BCUT2D eigenvalue weighted by Crippen LogP contribution is 2.36. The number of rotatable bonds is 7. The summed E-state index contributed by atoms with van der Waals surface area (Å²) in [6, 6.07) is 13.1. The van der Waals surface area contributed by atoms with Crippen LogP contribution in [0.25, 0.3) is 21.7 Å². The fourth-order valence-electron chi connectivity index (χ4n) is 2.94. The SMILES string of the molecule is CC(C)(CC(=O)Cc1csc(-c2ccc(Cl)cc2-c2cccc(Cl)c2)n1)C(=O)O. The molecule has 0 saturated heterocycles. The lowest BCUT2D eigenvalue weighted by Gasteiger charge is -2.17. The van der Waals surface area contributed by atoms with Crippen LogP contribution in [0.4, 0.5) is 0 Å². The Hall–Kier alpha value is -2.21. The second-order valence-corrected chi connectivity index (χ2v) is 9.16. The maximum absolute atomic E-state index is 12.3. The number of carboxylic acid groups (broad SMARTS) is 1. The zero-order valence-corrected chi connectivity index (χ0v) is 18.2. The molecule has 3 aromatic rings. The molecule has 2 aromatic carbocycles. The van der Waals surface area contributed by atoms with Gasteiger partial charge < -0.3 is 5.11 Å². The number of ketones is 1. The Labute approximate surface area is 183 Å². The molecule has 1 N–H and O–H groups in total. The third-order valence-electron chi connectivity index (χ3n) is 4.50. The smallest absolute Gasteiger partial charge is 0.309 e. The number of aliphatic carboxylic acids is 1. The summed E-state index contributed by atoms with van der Waals surface area (Å²) in [5.41, 5.74) is 2.26. The van der Waals surface area contributed by atoms with E-state index in [9.17, 15) is 14.7 Å². The van der Waals surface area contributed by atoms with Crippen molar-refractivity contribution in [2.45, 2.75) is 26.7 Å². The van der Waals surface area contributed by atoms with E-state index in [-0.39, 0.29) is 18.6 Å². The molecule has 7 heteroatoms. The first-order chi connectivity index (χ1) is 13.7. The number of thiazole rings is 1. The number of hydrogen-bond donors (Lipinski definition) is 1. The van der Waals surface area contributed by atoms with Crippen molar-refractivity contribution in [3.8, 4) is 21.7 Å². The molecule has 0 saturated carbocycles. The normalized spacial score (nSPS) is 11.4. The monoisotopic (exact) mass is 447 g/mol. The highest BCUT2D eigenvalue weighted by molar-refractivity contribution is 7.13. The molecule has 0 aliphatic heterocycles. The van der Waals surface area contributed by atoms with Crippen LogP contribution in [-0.4, -0.2) is 21.8 Å². The Morgan fingerprint density at radius 3 is 2.48 bits per heavy atom. The molecule has 0 atom stereocenters. The first-order valence-corrected chi connectivity index (χ1v) is 10.5.